The molecule has 26 atom stereocenters. The topological polar surface area (TPSA) is 267 Å². The van der Waals surface area contributed by atoms with Gasteiger partial charge < -0.3 is 79.3 Å². The Morgan fingerprint density at radius 3 is 2.20 bits per heavy atom. The summed E-state index contributed by atoms with van der Waals surface area (Å²) in [6.07, 6.45) is -2.66. The zero-order chi connectivity index (χ0) is 63.5. The summed E-state index contributed by atoms with van der Waals surface area (Å²) in [7, 11) is 5.26. The second-order valence-corrected chi connectivity index (χ2v) is 28.8. The summed E-state index contributed by atoms with van der Waals surface area (Å²) in [5.41, 5.74) is -12.0. The number of carbonyl (C=O) groups excluding carboxylic acids is 3. The highest BCUT2D eigenvalue weighted by Crippen LogP contribution is 2.70. The number of hydrogen-bond acceptors (Lipinski definition) is 18. The Hall–Kier alpha value is -2.54. The van der Waals surface area contributed by atoms with E-state index in [2.05, 4.69) is 5.32 Å². The number of fused-ring (bicyclic) bond motifs is 5. The first kappa shape index (κ1) is 69.9. The lowest BCUT2D eigenvalue weighted by Crippen LogP contribution is -2.70. The van der Waals surface area contributed by atoms with Crippen molar-refractivity contribution < 1.29 is 82.9 Å². The van der Waals surface area contributed by atoms with Crippen LogP contribution in [0.1, 0.15) is 174 Å². The number of amides is 1. The molecule has 0 spiro atoms. The lowest BCUT2D eigenvalue weighted by Gasteiger charge is -2.62. The van der Waals surface area contributed by atoms with Gasteiger partial charge in [-0.15, -0.1) is 0 Å². The molecule has 488 valence electrons. The highest BCUT2D eigenvalue weighted by Gasteiger charge is 2.76. The molecule has 3 aliphatic heterocycles. The van der Waals surface area contributed by atoms with Crippen LogP contribution in [0, 0.1) is 46.3 Å². The van der Waals surface area contributed by atoms with Gasteiger partial charge in [0.2, 0.25) is 0 Å². The maximum Gasteiger partial charge on any atom is 0.311 e. The van der Waals surface area contributed by atoms with E-state index in [9.17, 15) is 50.1 Å². The normalized spacial score (nSPS) is 49.4. The van der Waals surface area contributed by atoms with Gasteiger partial charge in [-0.05, 0) is 164 Å². The minimum atomic E-state index is -2.09. The molecular weight excluding hydrogens is 1100 g/mol. The summed E-state index contributed by atoms with van der Waals surface area (Å²) in [5, 5.41) is 88.7. The van der Waals surface area contributed by atoms with E-state index in [4.69, 9.17) is 28.4 Å². The van der Waals surface area contributed by atoms with Crippen LogP contribution in [-0.4, -0.2) is 211 Å². The van der Waals surface area contributed by atoms with Crippen molar-refractivity contribution in [3.63, 3.8) is 0 Å². The molecule has 0 bridgehead atoms. The van der Waals surface area contributed by atoms with Gasteiger partial charge in [0.1, 0.15) is 35.1 Å². The van der Waals surface area contributed by atoms with Crippen LogP contribution >= 0.6 is 0 Å². The quantitative estimate of drug-likeness (QED) is 0.0724. The number of allylic oxidation sites excluding steroid dienone is 4. The molecule has 7 aliphatic rings. The SMILES string of the molecule is CC[C@H]1OC(=O)[C@H](C)[C@@H](OC2C[C@@](C)(OC)[C@](O)(CCCCCNC(=O)[C@@]3(O)[C@H](C)CC4C5CCC6=CC(=O)C=C[C@]6(C)[C@@]5(F)[C@@H](O)C[C@@]43C)[C@H](C)O2)[C@@H](C)[C@@H](OC2O[C@H](C)C[C@H](N(C)CC)[C@H]2O)[C@](C)(O)C[C@@H](C)CN(C)[C@H](C)[C@@H](O)[C@]1(C)O. The van der Waals surface area contributed by atoms with Crippen LogP contribution in [-0.2, 0) is 42.8 Å². The van der Waals surface area contributed by atoms with E-state index >= 15 is 4.39 Å². The molecule has 3 heterocycles. The number of esters is 1. The molecule has 19 nitrogen and oxygen atoms in total. The maximum atomic E-state index is 17.8. The molecule has 8 N–H and O–H groups in total. The van der Waals surface area contributed by atoms with E-state index < -0.39 is 147 Å². The largest absolute Gasteiger partial charge is 0.459 e. The number of halogens is 1. The summed E-state index contributed by atoms with van der Waals surface area (Å²) in [4.78, 5) is 45.3. The van der Waals surface area contributed by atoms with E-state index in [1.807, 2.05) is 58.5 Å². The third-order valence-electron chi connectivity index (χ3n) is 23.2. The van der Waals surface area contributed by atoms with Crippen molar-refractivity contribution in [2.24, 2.45) is 46.3 Å². The second kappa shape index (κ2) is 26.0. The second-order valence-electron chi connectivity index (χ2n) is 28.8. The molecule has 6 fully saturated rings. The third kappa shape index (κ3) is 12.4. The summed E-state index contributed by atoms with van der Waals surface area (Å²) in [6.45, 7) is 26.2. The number of nitrogens with one attached hydrogen (secondary N) is 1. The van der Waals surface area contributed by atoms with Crippen LogP contribution < -0.4 is 5.32 Å². The predicted molar refractivity (Wildman–Crippen MR) is 317 cm³/mol. The fraction of sp³-hybridized carbons (Fsp3) is 0.892. The fourth-order valence-electron chi connectivity index (χ4n) is 17.5. The summed E-state index contributed by atoms with van der Waals surface area (Å²) in [6, 6.07) is -0.921. The molecular formula is C65H110FN3O16. The third-order valence-corrected chi connectivity index (χ3v) is 23.2. The number of ketones is 1. The van der Waals surface area contributed by atoms with Crippen LogP contribution in [0.5, 0.6) is 0 Å². The van der Waals surface area contributed by atoms with Crippen molar-refractivity contribution in [2.75, 3.05) is 40.8 Å². The van der Waals surface area contributed by atoms with Gasteiger partial charge in [0.25, 0.3) is 5.91 Å². The highest BCUT2D eigenvalue weighted by atomic mass is 19.1. The first-order valence-electron chi connectivity index (χ1n) is 32.0. The number of ether oxygens (including phenoxy) is 6. The average Bonchev–Trinajstić information content (AvgIpc) is 1.65. The number of nitrogens with zero attached hydrogens (tertiary/aromatic N) is 2. The molecule has 0 aromatic rings. The number of aliphatic hydroxyl groups excluding tert-OH is 3. The van der Waals surface area contributed by atoms with E-state index in [0.717, 1.165) is 0 Å². The average molecular weight is 1210 g/mol. The Kier molecular flexibility index (Phi) is 21.4. The number of methoxy groups -OCH3 is 1. The molecule has 20 heteroatoms. The molecule has 0 radical (unpaired) electrons. The Morgan fingerprint density at radius 2 is 1.56 bits per heavy atom. The first-order chi connectivity index (χ1) is 39.4. The van der Waals surface area contributed by atoms with Crippen molar-refractivity contribution in [1.29, 1.82) is 0 Å². The van der Waals surface area contributed by atoms with Crippen LogP contribution in [0.25, 0.3) is 0 Å². The van der Waals surface area contributed by atoms with Gasteiger partial charge >= 0.3 is 5.97 Å². The number of alkyl halides is 1. The van der Waals surface area contributed by atoms with Gasteiger partial charge in [-0.1, -0.05) is 66.0 Å². The summed E-state index contributed by atoms with van der Waals surface area (Å²) < 4.78 is 57.1. The Balaban J connectivity index is 1.07. The zero-order valence-corrected chi connectivity index (χ0v) is 54.3. The first-order valence-corrected chi connectivity index (χ1v) is 32.0. The summed E-state index contributed by atoms with van der Waals surface area (Å²) >= 11 is 0. The molecule has 85 heavy (non-hydrogen) atoms. The van der Waals surface area contributed by atoms with E-state index in [0.29, 0.717) is 63.6 Å². The minimum Gasteiger partial charge on any atom is -0.459 e. The van der Waals surface area contributed by atoms with E-state index in [1.54, 1.807) is 61.5 Å². The molecule has 1 amide bonds. The number of carbonyl (C=O) groups is 3. The number of unbranched alkanes of at least 4 members (excludes halogenated alkanes) is 2. The molecule has 4 unspecified atom stereocenters. The number of hydrogen-bond donors (Lipinski definition) is 8. The molecule has 3 saturated carbocycles. The smallest absolute Gasteiger partial charge is 0.311 e. The lowest BCUT2D eigenvalue weighted by atomic mass is 9.44. The van der Waals surface area contributed by atoms with Gasteiger partial charge in [-0.3, -0.25) is 14.4 Å². The Labute approximate surface area is 506 Å². The number of likely N-dealkylation sites (N-methyl/N-ethyl adjacent to an activating group) is 2. The van der Waals surface area contributed by atoms with Crippen molar-refractivity contribution in [3.05, 3.63) is 23.8 Å². The highest BCUT2D eigenvalue weighted by molar-refractivity contribution is 6.01. The van der Waals surface area contributed by atoms with Crippen LogP contribution in [0.4, 0.5) is 4.39 Å². The monoisotopic (exact) mass is 1210 g/mol. The lowest BCUT2D eigenvalue weighted by molar-refractivity contribution is -0.338. The fourth-order valence-corrected chi connectivity index (χ4v) is 17.5. The van der Waals surface area contributed by atoms with Crippen molar-refractivity contribution >= 4 is 17.7 Å². The number of rotatable bonds is 15. The maximum absolute atomic E-state index is 17.8. The van der Waals surface area contributed by atoms with Crippen LogP contribution in [0.3, 0.4) is 0 Å². The van der Waals surface area contributed by atoms with E-state index in [-0.39, 0.29) is 62.5 Å². The van der Waals surface area contributed by atoms with Crippen LogP contribution in [0.2, 0.25) is 0 Å². The molecule has 7 rings (SSSR count). The van der Waals surface area contributed by atoms with Gasteiger partial charge in [-0.2, -0.15) is 0 Å². The van der Waals surface area contributed by atoms with Gasteiger partial charge in [0.05, 0.1) is 42.0 Å². The summed E-state index contributed by atoms with van der Waals surface area (Å²) in [5.74, 6) is -5.28. The standard InChI is InChI=1S/C65H110FN3O16/c1-18-49-62(14,77)53(73)41(8)69(16)35-36(3)32-60(12,76)54(85-56-51(72)47(68(15)19-2)30-38(5)81-56)39(6)52(40(7)55(74)83-49)84-50-34-61(13,80-17)63(78,42(9)82-50)26-21-20-22-28-67-57(75)65(79)37(4)29-46-45-24-23-43-31-44(70)25-27-58(43,10)64(45,66)48(71)33-59(46,65)11/h25,27,31,36-42,45-54,56,71-73,76-79H,18-24,26,28-30,32-35H2,1-17H3,(H,67,75)/t36-,37-,38-,39-,40-,41-,42+,45?,46?,47+,48+,49-,50?,51-,52+,53-,54-,56?,58+,59+,60-,61-,62-,63+,64+,65+/m1/s1. The number of cyclic esters (lactones) is 1. The minimum absolute atomic E-state index is 0.0108. The zero-order valence-electron chi connectivity index (χ0n) is 54.3. The Bertz CT molecular complexity index is 2420. The van der Waals surface area contributed by atoms with Gasteiger partial charge in [-0.25, -0.2) is 4.39 Å². The Morgan fingerprint density at radius 1 is 0.894 bits per heavy atom. The van der Waals surface area contributed by atoms with E-state index in [1.165, 1.54) is 26.2 Å². The molecule has 0 aromatic heterocycles. The predicted octanol–water partition coefficient (Wildman–Crippen LogP) is 5.69. The molecule has 3 saturated heterocycles. The van der Waals surface area contributed by atoms with Gasteiger partial charge in [0.15, 0.2) is 29.6 Å². The number of aliphatic hydroxyl groups is 7. The van der Waals surface area contributed by atoms with Crippen molar-refractivity contribution in [3.8, 4) is 0 Å². The molecule has 4 aliphatic carbocycles. The molecule has 0 aromatic carbocycles. The van der Waals surface area contributed by atoms with Crippen molar-refractivity contribution in [2.45, 2.75) is 281 Å². The van der Waals surface area contributed by atoms with Crippen LogP contribution in [0.15, 0.2) is 23.8 Å². The van der Waals surface area contributed by atoms with Gasteiger partial charge in [0, 0.05) is 61.4 Å². The van der Waals surface area contributed by atoms with Crippen molar-refractivity contribution in [1.82, 2.24) is 15.1 Å².